The summed E-state index contributed by atoms with van der Waals surface area (Å²) < 4.78 is 54.1. The Morgan fingerprint density at radius 3 is 2.70 bits per heavy atom. The topological polar surface area (TPSA) is 104 Å². The first-order valence-corrected chi connectivity index (χ1v) is 10.1. The predicted octanol–water partition coefficient (Wildman–Crippen LogP) is 3.80. The Kier molecular flexibility index (Phi) is 6.04. The summed E-state index contributed by atoms with van der Waals surface area (Å²) in [7, 11) is 1.51. The summed E-state index contributed by atoms with van der Waals surface area (Å²) in [6.45, 7) is 1.80. The number of hydrazine groups is 1. The molecule has 1 aliphatic heterocycles. The number of carbonyl (C=O) groups is 1. The van der Waals surface area contributed by atoms with Crippen LogP contribution in [-0.2, 0) is 15.7 Å². The van der Waals surface area contributed by atoms with Crippen LogP contribution in [0.3, 0.4) is 0 Å². The van der Waals surface area contributed by atoms with Crippen molar-refractivity contribution in [2.75, 3.05) is 7.11 Å². The highest BCUT2D eigenvalue weighted by Gasteiger charge is 2.43. The first-order valence-electron chi connectivity index (χ1n) is 9.76. The van der Waals surface area contributed by atoms with Gasteiger partial charge in [0.15, 0.2) is 5.82 Å². The molecule has 1 aliphatic rings. The second-order valence-corrected chi connectivity index (χ2v) is 7.81. The number of hydrogen-bond donors (Lipinski definition) is 2. The number of nitrogens with one attached hydrogen (secondary N) is 1. The third kappa shape index (κ3) is 4.14. The molecule has 0 bridgehead atoms. The number of aromatic nitrogens is 3. The first kappa shape index (κ1) is 23.0. The van der Waals surface area contributed by atoms with Gasteiger partial charge in [0.2, 0.25) is 11.7 Å². The predicted molar refractivity (Wildman–Crippen MR) is 112 cm³/mol. The van der Waals surface area contributed by atoms with Gasteiger partial charge in [-0.25, -0.2) is 5.84 Å². The second kappa shape index (κ2) is 8.65. The number of halogens is 4. The molecule has 0 unspecified atom stereocenters. The van der Waals surface area contributed by atoms with Crippen molar-refractivity contribution in [2.45, 2.75) is 31.7 Å². The second-order valence-electron chi connectivity index (χ2n) is 7.37. The van der Waals surface area contributed by atoms with E-state index in [1.165, 1.54) is 25.3 Å². The number of methoxy groups -OCH3 is 1. The Labute approximate surface area is 191 Å². The number of hydrogen-bond acceptors (Lipinski definition) is 6. The van der Waals surface area contributed by atoms with Crippen molar-refractivity contribution < 1.29 is 27.4 Å². The monoisotopic (exact) mass is 481 g/mol. The zero-order chi connectivity index (χ0) is 23.9. The summed E-state index contributed by atoms with van der Waals surface area (Å²) >= 11 is 6.23. The van der Waals surface area contributed by atoms with Crippen molar-refractivity contribution in [3.05, 3.63) is 69.8 Å². The molecule has 174 valence electrons. The first-order chi connectivity index (χ1) is 15.7. The van der Waals surface area contributed by atoms with E-state index in [9.17, 15) is 18.0 Å². The summed E-state index contributed by atoms with van der Waals surface area (Å²) in [6.07, 6.45) is -7.28. The van der Waals surface area contributed by atoms with Crippen molar-refractivity contribution in [1.29, 1.82) is 0 Å². The van der Waals surface area contributed by atoms with Crippen LogP contribution in [0.4, 0.5) is 13.2 Å². The molecule has 33 heavy (non-hydrogen) atoms. The smallest absolute Gasteiger partial charge is 0.452 e. The van der Waals surface area contributed by atoms with Gasteiger partial charge in [-0.2, -0.15) is 13.2 Å². The van der Waals surface area contributed by atoms with Gasteiger partial charge < -0.3 is 9.47 Å². The lowest BCUT2D eigenvalue weighted by atomic mass is 9.95. The minimum absolute atomic E-state index is 0.134. The van der Waals surface area contributed by atoms with Crippen LogP contribution >= 0.6 is 11.6 Å². The lowest BCUT2D eigenvalue weighted by molar-refractivity contribution is -0.146. The van der Waals surface area contributed by atoms with E-state index in [0.717, 1.165) is 4.57 Å². The summed E-state index contributed by atoms with van der Waals surface area (Å²) in [5.41, 5.74) is 3.80. The lowest BCUT2D eigenvalue weighted by Crippen LogP contribution is -2.32. The van der Waals surface area contributed by atoms with Gasteiger partial charge in [-0.15, -0.1) is 10.2 Å². The lowest BCUT2D eigenvalue weighted by Gasteiger charge is -2.24. The number of alkyl halides is 3. The van der Waals surface area contributed by atoms with Gasteiger partial charge in [-0.05, 0) is 42.3 Å². The largest absolute Gasteiger partial charge is 0.496 e. The van der Waals surface area contributed by atoms with Crippen LogP contribution in [0.5, 0.6) is 5.75 Å². The highest BCUT2D eigenvalue weighted by Crippen LogP contribution is 2.45. The Balaban J connectivity index is 2.01. The zero-order valence-electron chi connectivity index (χ0n) is 17.5. The molecule has 12 heteroatoms. The van der Waals surface area contributed by atoms with Crippen molar-refractivity contribution in [2.24, 2.45) is 5.84 Å². The van der Waals surface area contributed by atoms with E-state index in [-0.39, 0.29) is 17.9 Å². The van der Waals surface area contributed by atoms with Crippen molar-refractivity contribution >= 4 is 17.5 Å². The highest BCUT2D eigenvalue weighted by atomic mass is 35.5. The standard InChI is InChI=1S/C21H19ClF3N5O3/c1-10-12(4-3-5-15(10)32-2)18-13-8-11(22)6-7-14(13)30-19(16(33-18)9-17(31)27-26)28-29-20(30)21(23,24)25/h3-8,16,18H,9,26H2,1-2H3,(H,27,31)/t16-,18-/m1/s1. The minimum atomic E-state index is -4.81. The number of nitrogens with zero attached hydrogens (tertiary/aromatic N) is 3. The zero-order valence-corrected chi connectivity index (χ0v) is 18.2. The van der Waals surface area contributed by atoms with E-state index in [2.05, 4.69) is 10.2 Å². The Morgan fingerprint density at radius 1 is 1.27 bits per heavy atom. The molecule has 0 aliphatic carbocycles. The number of fused-ring (bicyclic) bond motifs is 3. The Morgan fingerprint density at radius 2 is 2.03 bits per heavy atom. The van der Waals surface area contributed by atoms with E-state index in [0.29, 0.717) is 27.5 Å². The SMILES string of the molecule is COc1cccc([C@H]2O[C@H](CC(=O)NN)c3nnc(C(F)(F)F)n3-c3ccc(Cl)cc32)c1C. The number of amides is 1. The van der Waals surface area contributed by atoms with Crippen LogP contribution < -0.4 is 16.0 Å². The molecule has 1 amide bonds. The number of nitrogens with two attached hydrogens (primary N) is 1. The molecule has 0 spiro atoms. The highest BCUT2D eigenvalue weighted by molar-refractivity contribution is 6.30. The third-order valence-electron chi connectivity index (χ3n) is 5.40. The van der Waals surface area contributed by atoms with Crippen LogP contribution in [0.15, 0.2) is 36.4 Å². The number of benzene rings is 2. The maximum atomic E-state index is 13.8. The molecular formula is C21H19ClF3N5O3. The molecule has 2 aromatic carbocycles. The minimum Gasteiger partial charge on any atom is -0.496 e. The number of rotatable bonds is 4. The van der Waals surface area contributed by atoms with Crippen LogP contribution in [0, 0.1) is 6.92 Å². The summed E-state index contributed by atoms with van der Waals surface area (Å²) in [6, 6.07) is 9.69. The van der Waals surface area contributed by atoms with Crippen LogP contribution in [0.1, 0.15) is 47.0 Å². The van der Waals surface area contributed by atoms with Crippen LogP contribution in [-0.4, -0.2) is 27.8 Å². The molecule has 4 rings (SSSR count). The summed E-state index contributed by atoms with van der Waals surface area (Å²) in [5.74, 6) is 3.72. The summed E-state index contributed by atoms with van der Waals surface area (Å²) in [4.78, 5) is 12.1. The van der Waals surface area contributed by atoms with E-state index >= 15 is 0 Å². The fourth-order valence-electron chi connectivity index (χ4n) is 3.91. The molecular weight excluding hydrogens is 463 g/mol. The molecule has 0 saturated carbocycles. The molecule has 1 aromatic heterocycles. The van der Waals surface area contributed by atoms with Crippen molar-refractivity contribution in [3.8, 4) is 11.4 Å². The van der Waals surface area contributed by atoms with Gasteiger partial charge >= 0.3 is 6.18 Å². The van der Waals surface area contributed by atoms with Gasteiger partial charge in [-0.3, -0.25) is 14.8 Å². The molecule has 2 atom stereocenters. The van der Waals surface area contributed by atoms with Gasteiger partial charge in [0.05, 0.1) is 19.2 Å². The number of carbonyl (C=O) groups excluding carboxylic acids is 1. The van der Waals surface area contributed by atoms with Gasteiger partial charge in [0.25, 0.3) is 0 Å². The third-order valence-corrected chi connectivity index (χ3v) is 5.64. The van der Waals surface area contributed by atoms with E-state index in [1.807, 2.05) is 5.43 Å². The quantitative estimate of drug-likeness (QED) is 0.334. The molecule has 3 aromatic rings. The van der Waals surface area contributed by atoms with Crippen LogP contribution in [0.25, 0.3) is 5.69 Å². The maximum Gasteiger partial charge on any atom is 0.452 e. The van der Waals surface area contributed by atoms with Crippen molar-refractivity contribution in [3.63, 3.8) is 0 Å². The van der Waals surface area contributed by atoms with E-state index in [1.54, 1.807) is 25.1 Å². The van der Waals surface area contributed by atoms with E-state index in [4.69, 9.17) is 26.9 Å². The maximum absolute atomic E-state index is 13.8. The van der Waals surface area contributed by atoms with Gasteiger partial charge in [0.1, 0.15) is 18.0 Å². The normalized spacial score (nSPS) is 17.7. The van der Waals surface area contributed by atoms with Crippen LogP contribution in [0.2, 0.25) is 5.02 Å². The average molecular weight is 482 g/mol. The average Bonchev–Trinajstić information content (AvgIpc) is 3.18. The van der Waals surface area contributed by atoms with Gasteiger partial charge in [0, 0.05) is 10.6 Å². The molecule has 3 N–H and O–H groups in total. The summed E-state index contributed by atoms with van der Waals surface area (Å²) in [5, 5.41) is 7.39. The van der Waals surface area contributed by atoms with Crippen molar-refractivity contribution in [1.82, 2.24) is 20.2 Å². The fraction of sp³-hybridized carbons (Fsp3) is 0.286. The Bertz CT molecular complexity index is 1210. The molecule has 0 fully saturated rings. The Hall–Kier alpha value is -3.15. The molecule has 0 radical (unpaired) electrons. The fourth-order valence-corrected chi connectivity index (χ4v) is 4.09. The molecule has 2 heterocycles. The van der Waals surface area contributed by atoms with E-state index < -0.39 is 30.1 Å². The van der Waals surface area contributed by atoms with Gasteiger partial charge in [-0.1, -0.05) is 23.7 Å². The molecule has 8 nitrogen and oxygen atoms in total. The number of ether oxygens (including phenoxy) is 2. The molecule has 0 saturated heterocycles.